The Balaban J connectivity index is 1.74. The van der Waals surface area contributed by atoms with Crippen molar-refractivity contribution in [1.82, 2.24) is 10.2 Å². The average molecular weight is 270 g/mol. The van der Waals surface area contributed by atoms with Crippen LogP contribution < -0.4 is 5.32 Å². The summed E-state index contributed by atoms with van der Waals surface area (Å²) in [5, 5.41) is 13.2. The summed E-state index contributed by atoms with van der Waals surface area (Å²) in [5.41, 5.74) is 0.0510. The van der Waals surface area contributed by atoms with E-state index in [1.165, 1.54) is 12.8 Å². The van der Waals surface area contributed by atoms with E-state index in [9.17, 15) is 5.11 Å². The highest BCUT2D eigenvalue weighted by atomic mass is 16.5. The first-order valence-corrected chi connectivity index (χ1v) is 7.67. The third kappa shape index (κ3) is 4.42. The molecule has 1 atom stereocenters. The maximum absolute atomic E-state index is 9.61. The summed E-state index contributed by atoms with van der Waals surface area (Å²) < 4.78 is 5.55. The van der Waals surface area contributed by atoms with Gasteiger partial charge in [0, 0.05) is 23.7 Å². The van der Waals surface area contributed by atoms with Crippen LogP contribution in [0.2, 0.25) is 0 Å². The van der Waals surface area contributed by atoms with Crippen molar-refractivity contribution in [1.29, 1.82) is 0 Å². The molecule has 1 unspecified atom stereocenters. The summed E-state index contributed by atoms with van der Waals surface area (Å²) in [6.45, 7) is 10.7. The maximum atomic E-state index is 9.61. The highest BCUT2D eigenvalue weighted by Gasteiger charge is 2.33. The van der Waals surface area contributed by atoms with Crippen molar-refractivity contribution in [2.75, 3.05) is 32.9 Å². The molecule has 0 amide bonds. The van der Waals surface area contributed by atoms with Crippen molar-refractivity contribution in [2.24, 2.45) is 0 Å². The van der Waals surface area contributed by atoms with Crippen LogP contribution >= 0.6 is 0 Å². The molecule has 2 aliphatic rings. The fourth-order valence-corrected chi connectivity index (χ4v) is 2.88. The molecule has 1 aliphatic carbocycles. The lowest BCUT2D eigenvalue weighted by atomic mass is 9.95. The lowest BCUT2D eigenvalue weighted by Crippen LogP contribution is -2.53. The van der Waals surface area contributed by atoms with Crippen molar-refractivity contribution >= 4 is 0 Å². The van der Waals surface area contributed by atoms with Gasteiger partial charge in [-0.25, -0.2) is 0 Å². The molecule has 0 aromatic heterocycles. The molecule has 4 nitrogen and oxygen atoms in total. The first kappa shape index (κ1) is 15.2. The van der Waals surface area contributed by atoms with E-state index in [0.29, 0.717) is 6.04 Å². The second-order valence-corrected chi connectivity index (χ2v) is 7.09. The first-order valence-electron chi connectivity index (χ1n) is 7.67. The quantitative estimate of drug-likeness (QED) is 0.733. The van der Waals surface area contributed by atoms with Gasteiger partial charge in [0.1, 0.15) is 0 Å². The van der Waals surface area contributed by atoms with Crippen LogP contribution in [0.3, 0.4) is 0 Å². The second kappa shape index (κ2) is 6.08. The lowest BCUT2D eigenvalue weighted by Gasteiger charge is -2.42. The van der Waals surface area contributed by atoms with Gasteiger partial charge in [0.05, 0.1) is 19.8 Å². The van der Waals surface area contributed by atoms with E-state index in [1.54, 1.807) is 0 Å². The van der Waals surface area contributed by atoms with Gasteiger partial charge in [0.15, 0.2) is 0 Å². The van der Waals surface area contributed by atoms with Crippen molar-refractivity contribution in [3.05, 3.63) is 0 Å². The number of aliphatic hydroxyl groups is 1. The molecule has 19 heavy (non-hydrogen) atoms. The standard InChI is InChI=1S/C15H30N2O2/c1-14(2)12-19-10-9-17(14)8-4-7-15(3,11-18)16-13-5-6-13/h13,16,18H,4-12H2,1-3H3. The molecular formula is C15H30N2O2. The van der Waals surface area contributed by atoms with Gasteiger partial charge in [-0.2, -0.15) is 0 Å². The number of hydrogen-bond acceptors (Lipinski definition) is 4. The van der Waals surface area contributed by atoms with Crippen molar-refractivity contribution in [2.45, 2.75) is 63.6 Å². The van der Waals surface area contributed by atoms with E-state index in [0.717, 1.165) is 39.1 Å². The first-order chi connectivity index (χ1) is 8.95. The van der Waals surface area contributed by atoms with E-state index in [4.69, 9.17) is 4.74 Å². The molecule has 2 rings (SSSR count). The van der Waals surface area contributed by atoms with Crippen LogP contribution in [0.4, 0.5) is 0 Å². The van der Waals surface area contributed by atoms with Gasteiger partial charge in [0.2, 0.25) is 0 Å². The van der Waals surface area contributed by atoms with Gasteiger partial charge in [-0.15, -0.1) is 0 Å². The molecule has 0 spiro atoms. The molecule has 0 bridgehead atoms. The number of nitrogens with zero attached hydrogens (tertiary/aromatic N) is 1. The average Bonchev–Trinajstić information content (AvgIpc) is 3.15. The molecule has 0 aromatic rings. The Kier molecular flexibility index (Phi) is 4.88. The van der Waals surface area contributed by atoms with Crippen LogP contribution in [-0.4, -0.2) is 60.0 Å². The zero-order valence-electron chi connectivity index (χ0n) is 12.7. The summed E-state index contributed by atoms with van der Waals surface area (Å²) in [7, 11) is 0. The number of aliphatic hydroxyl groups excluding tert-OH is 1. The second-order valence-electron chi connectivity index (χ2n) is 7.09. The SMILES string of the molecule is CC(CO)(CCCN1CCOCC1(C)C)NC1CC1. The Morgan fingerprint density at radius 2 is 2.16 bits per heavy atom. The summed E-state index contributed by atoms with van der Waals surface area (Å²) in [6.07, 6.45) is 4.70. The molecule has 112 valence electrons. The molecule has 4 heteroatoms. The van der Waals surface area contributed by atoms with Gasteiger partial charge in [-0.05, 0) is 53.0 Å². The number of nitrogens with one attached hydrogen (secondary N) is 1. The number of ether oxygens (including phenoxy) is 1. The smallest absolute Gasteiger partial charge is 0.0645 e. The van der Waals surface area contributed by atoms with Crippen molar-refractivity contribution in [3.63, 3.8) is 0 Å². The highest BCUT2D eigenvalue weighted by molar-refractivity contribution is 4.93. The van der Waals surface area contributed by atoms with Gasteiger partial charge in [0.25, 0.3) is 0 Å². The molecule has 1 heterocycles. The molecule has 1 aliphatic heterocycles. The highest BCUT2D eigenvalue weighted by Crippen LogP contribution is 2.25. The van der Waals surface area contributed by atoms with E-state index >= 15 is 0 Å². The van der Waals surface area contributed by atoms with Crippen LogP contribution in [0.1, 0.15) is 46.5 Å². The normalized spacial score (nSPS) is 27.2. The van der Waals surface area contributed by atoms with Gasteiger partial charge < -0.3 is 15.2 Å². The summed E-state index contributed by atoms with van der Waals surface area (Å²) in [4.78, 5) is 2.52. The van der Waals surface area contributed by atoms with Crippen molar-refractivity contribution < 1.29 is 9.84 Å². The van der Waals surface area contributed by atoms with Crippen LogP contribution in [-0.2, 0) is 4.74 Å². The Labute approximate surface area is 117 Å². The predicted molar refractivity (Wildman–Crippen MR) is 77.4 cm³/mol. The minimum Gasteiger partial charge on any atom is -0.394 e. The topological polar surface area (TPSA) is 44.7 Å². The van der Waals surface area contributed by atoms with Crippen LogP contribution in [0, 0.1) is 0 Å². The third-order valence-corrected chi connectivity index (χ3v) is 4.45. The summed E-state index contributed by atoms with van der Waals surface area (Å²) >= 11 is 0. The minimum absolute atomic E-state index is 0.0996. The lowest BCUT2D eigenvalue weighted by molar-refractivity contribution is -0.0521. The number of hydrogen-bond donors (Lipinski definition) is 2. The molecule has 0 aromatic carbocycles. The predicted octanol–water partition coefficient (Wildman–Crippen LogP) is 1.38. The van der Waals surface area contributed by atoms with E-state index in [2.05, 4.69) is 31.0 Å². The van der Waals surface area contributed by atoms with Gasteiger partial charge in [-0.1, -0.05) is 0 Å². The summed E-state index contributed by atoms with van der Waals surface area (Å²) in [6, 6.07) is 0.650. The Bertz CT molecular complexity index is 292. The zero-order valence-corrected chi connectivity index (χ0v) is 12.7. The molecule has 0 radical (unpaired) electrons. The van der Waals surface area contributed by atoms with E-state index < -0.39 is 0 Å². The molecule has 1 saturated heterocycles. The molecule has 2 fully saturated rings. The Morgan fingerprint density at radius 3 is 2.74 bits per heavy atom. The van der Waals surface area contributed by atoms with E-state index in [-0.39, 0.29) is 17.7 Å². The Hall–Kier alpha value is -0.160. The molecule has 2 N–H and O–H groups in total. The zero-order chi connectivity index (χ0) is 13.9. The third-order valence-electron chi connectivity index (χ3n) is 4.45. The maximum Gasteiger partial charge on any atom is 0.0645 e. The Morgan fingerprint density at radius 1 is 1.42 bits per heavy atom. The molecule has 1 saturated carbocycles. The fourth-order valence-electron chi connectivity index (χ4n) is 2.88. The van der Waals surface area contributed by atoms with E-state index in [1.807, 2.05) is 0 Å². The molecular weight excluding hydrogens is 240 g/mol. The van der Waals surface area contributed by atoms with Gasteiger partial charge in [-0.3, -0.25) is 4.90 Å². The van der Waals surface area contributed by atoms with Crippen molar-refractivity contribution in [3.8, 4) is 0 Å². The summed E-state index contributed by atoms with van der Waals surface area (Å²) in [5.74, 6) is 0. The van der Waals surface area contributed by atoms with Crippen LogP contribution in [0.5, 0.6) is 0 Å². The minimum atomic E-state index is -0.0996. The number of morpholine rings is 1. The number of rotatable bonds is 7. The largest absolute Gasteiger partial charge is 0.394 e. The monoisotopic (exact) mass is 270 g/mol. The fraction of sp³-hybridized carbons (Fsp3) is 1.00. The van der Waals surface area contributed by atoms with Crippen LogP contribution in [0.15, 0.2) is 0 Å². The van der Waals surface area contributed by atoms with Gasteiger partial charge >= 0.3 is 0 Å². The van der Waals surface area contributed by atoms with Crippen LogP contribution in [0.25, 0.3) is 0 Å².